The summed E-state index contributed by atoms with van der Waals surface area (Å²) in [5, 5.41) is 12.2. The van der Waals surface area contributed by atoms with Crippen molar-refractivity contribution >= 4 is 11.6 Å². The van der Waals surface area contributed by atoms with Crippen molar-refractivity contribution in [2.75, 3.05) is 26.2 Å². The predicted octanol–water partition coefficient (Wildman–Crippen LogP) is 3.72. The molecule has 158 valence electrons. The first kappa shape index (κ1) is 19.9. The molecule has 1 fully saturated rings. The highest BCUT2D eigenvalue weighted by molar-refractivity contribution is 5.95. The van der Waals surface area contributed by atoms with Crippen molar-refractivity contribution in [1.29, 1.82) is 5.26 Å². The van der Waals surface area contributed by atoms with Crippen LogP contribution < -0.4 is 5.32 Å². The van der Waals surface area contributed by atoms with Gasteiger partial charge >= 0.3 is 0 Å². The molecule has 5 rings (SSSR count). The van der Waals surface area contributed by atoms with Gasteiger partial charge in [0.25, 0.3) is 5.91 Å². The van der Waals surface area contributed by atoms with Gasteiger partial charge in [0.15, 0.2) is 0 Å². The Bertz CT molecular complexity index is 1350. The van der Waals surface area contributed by atoms with Crippen molar-refractivity contribution in [3.05, 3.63) is 83.9 Å². The van der Waals surface area contributed by atoms with E-state index in [4.69, 9.17) is 5.26 Å². The third-order valence-electron chi connectivity index (χ3n) is 5.75. The largest absolute Gasteiger partial charge is 0.336 e. The molecule has 7 heteroatoms. The minimum absolute atomic E-state index is 0.148. The molecule has 2 aromatic heterocycles. The van der Waals surface area contributed by atoms with Gasteiger partial charge < -0.3 is 10.2 Å². The van der Waals surface area contributed by atoms with Crippen LogP contribution in [0.4, 0.5) is 4.39 Å². The maximum absolute atomic E-state index is 15.1. The standard InChI is InChI=1S/C25H20FN5O/c26-22-13-19(25(32)30-11-9-28-10-12-30)5-7-21(22)20-6-8-24-29-15-23(31(24)16-20)18-3-1-17(14-27)2-4-18/h1-8,13,15-16,28H,9-12H2. The number of benzene rings is 2. The number of pyridine rings is 1. The van der Waals surface area contributed by atoms with Crippen LogP contribution in [0, 0.1) is 17.1 Å². The molecule has 1 aliphatic rings. The molecule has 1 N–H and O–H groups in total. The number of nitrogens with one attached hydrogen (secondary N) is 1. The molecule has 0 bridgehead atoms. The Labute approximate surface area is 184 Å². The number of hydrogen-bond donors (Lipinski definition) is 1. The van der Waals surface area contributed by atoms with E-state index in [0.717, 1.165) is 30.0 Å². The minimum atomic E-state index is -0.439. The molecule has 0 unspecified atom stereocenters. The molecule has 1 amide bonds. The zero-order chi connectivity index (χ0) is 22.1. The summed E-state index contributed by atoms with van der Waals surface area (Å²) in [5.74, 6) is -0.588. The number of halogens is 1. The summed E-state index contributed by atoms with van der Waals surface area (Å²) in [6, 6.07) is 17.7. The highest BCUT2D eigenvalue weighted by Gasteiger charge is 2.19. The summed E-state index contributed by atoms with van der Waals surface area (Å²) in [4.78, 5) is 18.9. The monoisotopic (exact) mass is 425 g/mol. The molecule has 3 heterocycles. The third kappa shape index (κ3) is 3.61. The average molecular weight is 425 g/mol. The van der Waals surface area contributed by atoms with Crippen molar-refractivity contribution in [3.63, 3.8) is 0 Å². The number of nitriles is 1. The molecule has 6 nitrogen and oxygen atoms in total. The molecule has 1 saturated heterocycles. The van der Waals surface area contributed by atoms with Crippen LogP contribution in [0.3, 0.4) is 0 Å². The molecular formula is C25H20FN5O. The first-order valence-corrected chi connectivity index (χ1v) is 10.4. The predicted molar refractivity (Wildman–Crippen MR) is 120 cm³/mol. The Morgan fingerprint density at radius 2 is 1.78 bits per heavy atom. The molecule has 0 radical (unpaired) electrons. The second kappa shape index (κ2) is 8.25. The van der Waals surface area contributed by atoms with E-state index in [9.17, 15) is 4.79 Å². The molecule has 0 spiro atoms. The highest BCUT2D eigenvalue weighted by atomic mass is 19.1. The normalized spacial score (nSPS) is 13.8. The van der Waals surface area contributed by atoms with E-state index in [1.807, 2.05) is 34.9 Å². The van der Waals surface area contributed by atoms with E-state index < -0.39 is 5.82 Å². The Morgan fingerprint density at radius 1 is 1.03 bits per heavy atom. The molecule has 32 heavy (non-hydrogen) atoms. The second-order valence-electron chi connectivity index (χ2n) is 7.72. The van der Waals surface area contributed by atoms with E-state index in [0.29, 0.717) is 35.3 Å². The number of amides is 1. The Morgan fingerprint density at radius 3 is 2.50 bits per heavy atom. The van der Waals surface area contributed by atoms with Gasteiger partial charge in [0.2, 0.25) is 0 Å². The summed E-state index contributed by atoms with van der Waals surface area (Å²) in [7, 11) is 0. The molecular weight excluding hydrogens is 405 g/mol. The maximum atomic E-state index is 15.1. The van der Waals surface area contributed by atoms with Gasteiger partial charge in [0, 0.05) is 54.6 Å². The topological polar surface area (TPSA) is 73.4 Å². The Balaban J connectivity index is 1.49. The zero-order valence-electron chi connectivity index (χ0n) is 17.3. The number of piperazine rings is 1. The number of aromatic nitrogens is 2. The number of carbonyl (C=O) groups is 1. The van der Waals surface area contributed by atoms with E-state index in [1.165, 1.54) is 6.07 Å². The van der Waals surface area contributed by atoms with Crippen LogP contribution in [0.5, 0.6) is 0 Å². The van der Waals surface area contributed by atoms with Crippen LogP contribution in [0.2, 0.25) is 0 Å². The number of rotatable bonds is 3. The molecule has 4 aromatic rings. The van der Waals surface area contributed by atoms with Crippen LogP contribution in [0.1, 0.15) is 15.9 Å². The number of imidazole rings is 1. The molecule has 0 aliphatic carbocycles. The lowest BCUT2D eigenvalue weighted by Gasteiger charge is -2.27. The molecule has 0 saturated carbocycles. The van der Waals surface area contributed by atoms with Crippen LogP contribution >= 0.6 is 0 Å². The second-order valence-corrected chi connectivity index (χ2v) is 7.72. The lowest BCUT2D eigenvalue weighted by molar-refractivity contribution is 0.0735. The lowest BCUT2D eigenvalue weighted by Crippen LogP contribution is -2.46. The summed E-state index contributed by atoms with van der Waals surface area (Å²) in [6.45, 7) is 2.74. The number of hydrogen-bond acceptors (Lipinski definition) is 4. The van der Waals surface area contributed by atoms with E-state index >= 15 is 4.39 Å². The van der Waals surface area contributed by atoms with Gasteiger partial charge in [-0.2, -0.15) is 5.26 Å². The van der Waals surface area contributed by atoms with Gasteiger partial charge in [-0.05, 0) is 36.4 Å². The van der Waals surface area contributed by atoms with Crippen LogP contribution in [-0.2, 0) is 0 Å². The molecule has 2 aromatic carbocycles. The van der Waals surface area contributed by atoms with Crippen molar-refractivity contribution in [1.82, 2.24) is 19.6 Å². The summed E-state index contributed by atoms with van der Waals surface area (Å²) >= 11 is 0. The van der Waals surface area contributed by atoms with Crippen LogP contribution in [-0.4, -0.2) is 46.4 Å². The molecule has 1 aliphatic heterocycles. The van der Waals surface area contributed by atoms with E-state index in [2.05, 4.69) is 16.4 Å². The lowest BCUT2D eigenvalue weighted by atomic mass is 10.0. The quantitative estimate of drug-likeness (QED) is 0.543. The smallest absolute Gasteiger partial charge is 0.254 e. The van der Waals surface area contributed by atoms with Gasteiger partial charge in [0.1, 0.15) is 11.5 Å². The van der Waals surface area contributed by atoms with Gasteiger partial charge in [0.05, 0.1) is 23.5 Å². The van der Waals surface area contributed by atoms with E-state index in [1.54, 1.807) is 35.4 Å². The maximum Gasteiger partial charge on any atom is 0.254 e. The Kier molecular flexibility index (Phi) is 5.13. The fraction of sp³-hybridized carbons (Fsp3) is 0.160. The number of fused-ring (bicyclic) bond motifs is 1. The average Bonchev–Trinajstić information content (AvgIpc) is 3.27. The fourth-order valence-corrected chi connectivity index (χ4v) is 4.00. The highest BCUT2D eigenvalue weighted by Crippen LogP contribution is 2.28. The zero-order valence-corrected chi connectivity index (χ0v) is 17.3. The van der Waals surface area contributed by atoms with Crippen molar-refractivity contribution in [2.24, 2.45) is 0 Å². The van der Waals surface area contributed by atoms with Gasteiger partial charge in [-0.25, -0.2) is 9.37 Å². The van der Waals surface area contributed by atoms with E-state index in [-0.39, 0.29) is 5.91 Å². The van der Waals surface area contributed by atoms with Gasteiger partial charge in [-0.1, -0.05) is 18.2 Å². The first-order chi connectivity index (χ1) is 15.6. The number of nitrogens with zero attached hydrogens (tertiary/aromatic N) is 4. The fourth-order valence-electron chi connectivity index (χ4n) is 4.00. The van der Waals surface area contributed by atoms with Gasteiger partial charge in [-0.15, -0.1) is 0 Å². The summed E-state index contributed by atoms with van der Waals surface area (Å²) < 4.78 is 17.0. The van der Waals surface area contributed by atoms with Crippen molar-refractivity contribution < 1.29 is 9.18 Å². The summed E-state index contributed by atoms with van der Waals surface area (Å²) in [5.41, 5.74) is 4.53. The van der Waals surface area contributed by atoms with Crippen LogP contribution in [0.25, 0.3) is 28.0 Å². The first-order valence-electron chi connectivity index (χ1n) is 10.4. The third-order valence-corrected chi connectivity index (χ3v) is 5.75. The van der Waals surface area contributed by atoms with Crippen molar-refractivity contribution in [2.45, 2.75) is 0 Å². The number of carbonyl (C=O) groups excluding carboxylic acids is 1. The SMILES string of the molecule is N#Cc1ccc(-c2cnc3ccc(-c4ccc(C(=O)N5CCNCC5)cc4F)cn23)cc1. The summed E-state index contributed by atoms with van der Waals surface area (Å²) in [6.07, 6.45) is 3.60. The van der Waals surface area contributed by atoms with Gasteiger partial charge in [-0.3, -0.25) is 9.20 Å². The van der Waals surface area contributed by atoms with Crippen molar-refractivity contribution in [3.8, 4) is 28.5 Å². The molecule has 0 atom stereocenters. The van der Waals surface area contributed by atoms with Crippen LogP contribution in [0.15, 0.2) is 67.0 Å². The minimum Gasteiger partial charge on any atom is -0.336 e. The Hall–Kier alpha value is -4.02.